The summed E-state index contributed by atoms with van der Waals surface area (Å²) >= 11 is 3.38. The van der Waals surface area contributed by atoms with Crippen molar-refractivity contribution in [3.8, 4) is 0 Å². The van der Waals surface area contributed by atoms with Gasteiger partial charge in [-0.25, -0.2) is 0 Å². The van der Waals surface area contributed by atoms with Crippen LogP contribution in [0.4, 0.5) is 0 Å². The van der Waals surface area contributed by atoms with Crippen molar-refractivity contribution in [2.75, 3.05) is 16.4 Å². The number of nitrogens with two attached hydrogens (primary N) is 1. The minimum Gasteiger partial charge on any atom is -0.666 e. The monoisotopic (exact) mass is 493 g/mol. The number of thioether (sulfide) groups is 1. The molecule has 4 N–H and O–H groups in total. The van der Waals surface area contributed by atoms with Gasteiger partial charge in [0.25, 0.3) is 0 Å². The van der Waals surface area contributed by atoms with E-state index in [1.807, 2.05) is 35.3 Å². The quantitative estimate of drug-likeness (QED) is 0.377. The third-order valence-electron chi connectivity index (χ3n) is 2.19. The summed E-state index contributed by atoms with van der Waals surface area (Å²) < 4.78 is 0. The second kappa shape index (κ2) is 15.9. The number of alkyl halides is 1. The molecule has 0 aliphatic carbocycles. The number of carbonyl (C=O) groups excluding carboxylic acids is 2. The SMILES string of the molecule is CI.[NH-][C@@H](CSCC(=O)NCc1ccccc1)C(N)=O.[Rb+]. The van der Waals surface area contributed by atoms with Crippen molar-refractivity contribution in [1.82, 2.24) is 5.32 Å². The van der Waals surface area contributed by atoms with Gasteiger partial charge in [-0.05, 0) is 22.3 Å². The predicted molar refractivity (Wildman–Crippen MR) is 92.9 cm³/mol. The van der Waals surface area contributed by atoms with Crippen LogP contribution in [-0.2, 0) is 16.1 Å². The van der Waals surface area contributed by atoms with Gasteiger partial charge in [0, 0.05) is 6.54 Å². The molecule has 1 aromatic carbocycles. The van der Waals surface area contributed by atoms with E-state index in [0.717, 1.165) is 5.56 Å². The van der Waals surface area contributed by atoms with Gasteiger partial charge in [-0.3, -0.25) is 9.59 Å². The first-order valence-corrected chi connectivity index (χ1v) is 9.17. The minimum atomic E-state index is -0.947. The Morgan fingerprint density at radius 3 is 2.43 bits per heavy atom. The van der Waals surface area contributed by atoms with Gasteiger partial charge in [-0.1, -0.05) is 52.9 Å². The summed E-state index contributed by atoms with van der Waals surface area (Å²) in [6.07, 6.45) is 0. The Labute approximate surface area is 192 Å². The smallest absolute Gasteiger partial charge is 0.666 e. The largest absolute Gasteiger partial charge is 1.00 e. The maximum absolute atomic E-state index is 11.5. The molecule has 0 saturated heterocycles. The molecule has 0 aromatic heterocycles. The number of halogens is 1. The summed E-state index contributed by atoms with van der Waals surface area (Å²) in [4.78, 5) is 24.0. The van der Waals surface area contributed by atoms with Crippen molar-refractivity contribution in [2.24, 2.45) is 5.73 Å². The Hall–Kier alpha value is 1.01. The molecule has 5 nitrogen and oxygen atoms in total. The van der Waals surface area contributed by atoms with E-state index >= 15 is 0 Å². The first-order chi connectivity index (χ1) is 9.59. The van der Waals surface area contributed by atoms with Crippen LogP contribution in [0.15, 0.2) is 30.3 Å². The number of amides is 2. The second-order valence-electron chi connectivity index (χ2n) is 3.73. The van der Waals surface area contributed by atoms with Crippen LogP contribution in [0.5, 0.6) is 0 Å². The Morgan fingerprint density at radius 2 is 1.90 bits per heavy atom. The number of nitrogens with one attached hydrogen (secondary N) is 2. The number of benzene rings is 1. The fourth-order valence-electron chi connectivity index (χ4n) is 1.20. The molecule has 0 heterocycles. The van der Waals surface area contributed by atoms with E-state index in [1.165, 1.54) is 11.8 Å². The molecule has 0 spiro atoms. The predicted octanol–water partition coefficient (Wildman–Crippen LogP) is -1.00. The minimum absolute atomic E-state index is 0. The zero-order valence-electron chi connectivity index (χ0n) is 12.3. The van der Waals surface area contributed by atoms with Gasteiger partial charge >= 0.3 is 58.2 Å². The number of primary amides is 1. The molecular weight excluding hydrogens is 475 g/mol. The van der Waals surface area contributed by atoms with Gasteiger partial charge in [0.05, 0.1) is 5.75 Å². The number of hydrogen-bond acceptors (Lipinski definition) is 3. The molecule has 0 saturated carbocycles. The number of hydrogen-bond donors (Lipinski definition) is 2. The topological polar surface area (TPSA) is 96.0 Å². The third-order valence-corrected chi connectivity index (χ3v) is 3.23. The molecule has 0 aliphatic heterocycles. The van der Waals surface area contributed by atoms with Crippen molar-refractivity contribution < 1.29 is 67.8 Å². The molecule has 1 rings (SSSR count). The van der Waals surface area contributed by atoms with Crippen LogP contribution in [0, 0.1) is 0 Å². The fourth-order valence-corrected chi connectivity index (χ4v) is 2.00. The maximum atomic E-state index is 11.5. The zero-order valence-corrected chi connectivity index (χ0v) is 20.2. The van der Waals surface area contributed by atoms with Crippen LogP contribution >= 0.6 is 34.4 Å². The van der Waals surface area contributed by atoms with E-state index in [4.69, 9.17) is 11.5 Å². The average molecular weight is 494 g/mol. The first kappa shape index (κ1) is 24.3. The van der Waals surface area contributed by atoms with Crippen molar-refractivity contribution in [2.45, 2.75) is 12.6 Å². The van der Waals surface area contributed by atoms with E-state index in [1.54, 1.807) is 0 Å². The molecule has 0 radical (unpaired) electrons. The van der Waals surface area contributed by atoms with Gasteiger partial charge in [0.1, 0.15) is 0 Å². The fraction of sp³-hybridized carbons (Fsp3) is 0.385. The summed E-state index contributed by atoms with van der Waals surface area (Å²) in [5.74, 6) is -0.295. The van der Waals surface area contributed by atoms with Crippen molar-refractivity contribution in [1.29, 1.82) is 0 Å². The van der Waals surface area contributed by atoms with Crippen molar-refractivity contribution in [3.63, 3.8) is 0 Å². The van der Waals surface area contributed by atoms with Gasteiger partial charge in [0.2, 0.25) is 5.91 Å². The molecule has 0 fully saturated rings. The van der Waals surface area contributed by atoms with E-state index in [9.17, 15) is 9.59 Å². The normalized spacial score (nSPS) is 10.4. The molecule has 0 bridgehead atoms. The van der Waals surface area contributed by atoms with Gasteiger partial charge < -0.3 is 16.8 Å². The molecule has 112 valence electrons. The van der Waals surface area contributed by atoms with Crippen LogP contribution in [-0.4, -0.2) is 34.3 Å². The third kappa shape index (κ3) is 13.2. The summed E-state index contributed by atoms with van der Waals surface area (Å²) in [7, 11) is 0. The molecule has 0 aliphatic rings. The Morgan fingerprint density at radius 1 is 1.33 bits per heavy atom. The van der Waals surface area contributed by atoms with E-state index in [-0.39, 0.29) is 75.6 Å². The second-order valence-corrected chi connectivity index (χ2v) is 4.76. The number of rotatable bonds is 7. The summed E-state index contributed by atoms with van der Waals surface area (Å²) in [6, 6.07) is 8.65. The molecule has 0 unspecified atom stereocenters. The summed E-state index contributed by atoms with van der Waals surface area (Å²) in [5, 5.41) is 2.76. The Balaban J connectivity index is 0. The number of carbonyl (C=O) groups is 2. The Bertz CT molecular complexity index is 410. The van der Waals surface area contributed by atoms with E-state index in [0.29, 0.717) is 6.54 Å². The zero-order chi connectivity index (χ0) is 15.4. The standard InChI is InChI=1S/C12H16N3O2S.CH3I.Rb/c13-10(12(14)17)7-18-8-11(16)15-6-9-4-2-1-3-5-9;1-2;/h1-5,10,13H,6-8H2,(H2,14,17)(H,15,16);1H3;/q-1;;+1/t10-;;/m0../s1. The molecule has 1 aromatic rings. The first-order valence-electron chi connectivity index (χ1n) is 5.86. The van der Waals surface area contributed by atoms with Crippen molar-refractivity contribution >= 4 is 46.2 Å². The van der Waals surface area contributed by atoms with Crippen LogP contribution < -0.4 is 69.2 Å². The molecule has 1 atom stereocenters. The van der Waals surface area contributed by atoms with Crippen LogP contribution in [0.3, 0.4) is 0 Å². The maximum Gasteiger partial charge on any atom is 1.00 e. The van der Waals surface area contributed by atoms with E-state index < -0.39 is 11.9 Å². The summed E-state index contributed by atoms with van der Waals surface area (Å²) in [6.45, 7) is 0.486. The molecule has 21 heavy (non-hydrogen) atoms. The molecule has 8 heteroatoms. The van der Waals surface area contributed by atoms with Crippen molar-refractivity contribution in [3.05, 3.63) is 41.6 Å². The van der Waals surface area contributed by atoms with Crippen LogP contribution in [0.25, 0.3) is 5.73 Å². The Kier molecular flexibility index (Phi) is 18.3. The van der Waals surface area contributed by atoms with Gasteiger partial charge in [0.15, 0.2) is 5.91 Å². The van der Waals surface area contributed by atoms with Crippen LogP contribution in [0.2, 0.25) is 0 Å². The van der Waals surface area contributed by atoms with Gasteiger partial charge in [-0.15, -0.1) is 0 Å². The molecular formula is C13H19IN3O2RbS. The summed E-state index contributed by atoms with van der Waals surface area (Å²) in [5.41, 5.74) is 13.3. The molecule has 2 amide bonds. The van der Waals surface area contributed by atoms with Crippen LogP contribution in [0.1, 0.15) is 5.56 Å². The van der Waals surface area contributed by atoms with E-state index in [2.05, 4.69) is 27.9 Å². The average Bonchev–Trinajstić information content (AvgIpc) is 2.48. The van der Waals surface area contributed by atoms with Gasteiger partial charge in [-0.2, -0.15) is 11.8 Å².